The molecule has 25 heavy (non-hydrogen) atoms. The molecule has 136 valence electrons. The molecule has 3 rings (SSSR count). The van der Waals surface area contributed by atoms with E-state index in [1.54, 1.807) is 6.20 Å². The van der Waals surface area contributed by atoms with E-state index in [1.807, 2.05) is 16.9 Å². The van der Waals surface area contributed by atoms with E-state index in [4.69, 9.17) is 0 Å². The van der Waals surface area contributed by atoms with E-state index in [2.05, 4.69) is 40.0 Å². The maximum atomic E-state index is 11.9. The molecule has 1 fully saturated rings. The minimum Gasteiger partial charge on any atom is -0.356 e. The molecule has 2 N–H and O–H groups in total. The summed E-state index contributed by atoms with van der Waals surface area (Å²) in [6.45, 7) is 2.90. The molecule has 0 spiro atoms. The summed E-state index contributed by atoms with van der Waals surface area (Å²) in [7, 11) is 0. The number of carbonyl (C=O) groups excluding carboxylic acids is 1. The first kappa shape index (κ1) is 19.5. The summed E-state index contributed by atoms with van der Waals surface area (Å²) < 4.78 is 1.84. The Balaban J connectivity index is 0.00000225. The summed E-state index contributed by atoms with van der Waals surface area (Å²) in [5, 5.41) is 10.6. The normalized spacial score (nSPS) is 14.7. The monoisotopic (exact) mass is 362 g/mol. The molecule has 1 saturated heterocycles. The number of amides is 1. The standard InChI is InChI=1S/C19H26N4O.ClH/c24-19(7-4-17-8-12-20-13-9-17)21-14-10-16-2-5-18(6-3-16)23-15-1-11-22-23;/h1-3,5-6,11,15,17,20H,4,7-10,12-14H2,(H,21,24);1H. The maximum absolute atomic E-state index is 11.9. The Morgan fingerprint density at radius 1 is 1.24 bits per heavy atom. The lowest BCUT2D eigenvalue weighted by molar-refractivity contribution is -0.121. The van der Waals surface area contributed by atoms with Crippen molar-refractivity contribution in [2.75, 3.05) is 19.6 Å². The summed E-state index contributed by atoms with van der Waals surface area (Å²) >= 11 is 0. The molecule has 0 saturated carbocycles. The van der Waals surface area contributed by atoms with Crippen LogP contribution in [0.5, 0.6) is 0 Å². The van der Waals surface area contributed by atoms with E-state index in [0.717, 1.165) is 31.6 Å². The van der Waals surface area contributed by atoms with Crippen molar-refractivity contribution in [2.24, 2.45) is 5.92 Å². The van der Waals surface area contributed by atoms with Crippen LogP contribution in [-0.4, -0.2) is 35.3 Å². The fourth-order valence-corrected chi connectivity index (χ4v) is 3.18. The number of nitrogens with one attached hydrogen (secondary N) is 2. The highest BCUT2D eigenvalue weighted by atomic mass is 35.5. The van der Waals surface area contributed by atoms with Crippen LogP contribution in [0, 0.1) is 5.92 Å². The maximum Gasteiger partial charge on any atom is 0.220 e. The SMILES string of the molecule is Cl.O=C(CCC1CCNCC1)NCCc1ccc(-n2cccn2)cc1. The molecular formula is C19H27ClN4O. The molecule has 6 heteroatoms. The zero-order valence-corrected chi connectivity index (χ0v) is 15.3. The number of aromatic nitrogens is 2. The van der Waals surface area contributed by atoms with E-state index in [0.29, 0.717) is 18.9 Å². The minimum atomic E-state index is 0. The van der Waals surface area contributed by atoms with Crippen molar-refractivity contribution in [1.29, 1.82) is 0 Å². The number of benzene rings is 1. The fourth-order valence-electron chi connectivity index (χ4n) is 3.18. The van der Waals surface area contributed by atoms with Crippen molar-refractivity contribution >= 4 is 18.3 Å². The van der Waals surface area contributed by atoms with Crippen LogP contribution in [-0.2, 0) is 11.2 Å². The number of nitrogens with zero attached hydrogens (tertiary/aromatic N) is 2. The van der Waals surface area contributed by atoms with Gasteiger partial charge in [0.05, 0.1) is 5.69 Å². The molecule has 0 atom stereocenters. The number of piperidine rings is 1. The van der Waals surface area contributed by atoms with Crippen molar-refractivity contribution in [3.63, 3.8) is 0 Å². The van der Waals surface area contributed by atoms with Gasteiger partial charge in [-0.3, -0.25) is 4.79 Å². The van der Waals surface area contributed by atoms with Crippen LogP contribution in [0.2, 0.25) is 0 Å². The van der Waals surface area contributed by atoms with Gasteiger partial charge in [-0.2, -0.15) is 5.10 Å². The third-order valence-corrected chi connectivity index (χ3v) is 4.68. The first-order valence-electron chi connectivity index (χ1n) is 8.87. The van der Waals surface area contributed by atoms with Crippen LogP contribution in [0.25, 0.3) is 5.69 Å². The van der Waals surface area contributed by atoms with Crippen molar-refractivity contribution in [3.8, 4) is 5.69 Å². The number of halogens is 1. The second-order valence-corrected chi connectivity index (χ2v) is 6.45. The van der Waals surface area contributed by atoms with Gasteiger partial charge in [0.25, 0.3) is 0 Å². The van der Waals surface area contributed by atoms with Gasteiger partial charge in [0.1, 0.15) is 0 Å². The van der Waals surface area contributed by atoms with Crippen molar-refractivity contribution in [3.05, 3.63) is 48.3 Å². The van der Waals surface area contributed by atoms with Gasteiger partial charge in [0.15, 0.2) is 0 Å². The van der Waals surface area contributed by atoms with Crippen LogP contribution in [0.4, 0.5) is 0 Å². The Morgan fingerprint density at radius 2 is 2.00 bits per heavy atom. The lowest BCUT2D eigenvalue weighted by Gasteiger charge is -2.22. The number of hydrogen-bond acceptors (Lipinski definition) is 3. The lowest BCUT2D eigenvalue weighted by Crippen LogP contribution is -2.30. The summed E-state index contributed by atoms with van der Waals surface area (Å²) in [5.74, 6) is 0.897. The molecule has 1 amide bonds. The fraction of sp³-hybridized carbons (Fsp3) is 0.474. The molecule has 1 aromatic heterocycles. The molecule has 0 radical (unpaired) electrons. The van der Waals surface area contributed by atoms with Gasteiger partial charge in [0.2, 0.25) is 5.91 Å². The Labute approximate surface area is 155 Å². The molecule has 2 aromatic rings. The van der Waals surface area contributed by atoms with E-state index in [1.165, 1.54) is 18.4 Å². The average molecular weight is 363 g/mol. The highest BCUT2D eigenvalue weighted by Gasteiger charge is 2.14. The first-order valence-corrected chi connectivity index (χ1v) is 8.87. The second-order valence-electron chi connectivity index (χ2n) is 6.45. The predicted molar refractivity (Wildman–Crippen MR) is 102 cm³/mol. The average Bonchev–Trinajstić information content (AvgIpc) is 3.16. The van der Waals surface area contributed by atoms with Gasteiger partial charge in [-0.25, -0.2) is 4.68 Å². The lowest BCUT2D eigenvalue weighted by atomic mass is 9.93. The zero-order valence-electron chi connectivity index (χ0n) is 14.5. The van der Waals surface area contributed by atoms with Gasteiger partial charge < -0.3 is 10.6 Å². The Morgan fingerprint density at radius 3 is 2.68 bits per heavy atom. The Bertz CT molecular complexity index is 621. The molecular weight excluding hydrogens is 336 g/mol. The van der Waals surface area contributed by atoms with Gasteiger partial charge >= 0.3 is 0 Å². The van der Waals surface area contributed by atoms with Crippen LogP contribution in [0.15, 0.2) is 42.7 Å². The molecule has 0 unspecified atom stereocenters. The Kier molecular flexibility index (Phi) is 7.95. The van der Waals surface area contributed by atoms with Crippen molar-refractivity contribution < 1.29 is 4.79 Å². The molecule has 1 aliphatic heterocycles. The largest absolute Gasteiger partial charge is 0.356 e. The van der Waals surface area contributed by atoms with Gasteiger partial charge in [-0.1, -0.05) is 12.1 Å². The summed E-state index contributed by atoms with van der Waals surface area (Å²) in [6, 6.07) is 10.2. The molecule has 5 nitrogen and oxygen atoms in total. The highest BCUT2D eigenvalue weighted by Crippen LogP contribution is 2.17. The zero-order chi connectivity index (χ0) is 16.6. The summed E-state index contributed by atoms with van der Waals surface area (Å²) in [4.78, 5) is 11.9. The summed E-state index contributed by atoms with van der Waals surface area (Å²) in [6.07, 6.45) is 8.64. The van der Waals surface area contributed by atoms with Crippen molar-refractivity contribution in [2.45, 2.75) is 32.1 Å². The first-order chi connectivity index (χ1) is 11.8. The number of rotatable bonds is 7. The van der Waals surface area contributed by atoms with Crippen LogP contribution >= 0.6 is 12.4 Å². The van der Waals surface area contributed by atoms with Gasteiger partial charge in [0, 0.05) is 25.4 Å². The van der Waals surface area contributed by atoms with Gasteiger partial charge in [-0.15, -0.1) is 12.4 Å². The van der Waals surface area contributed by atoms with Crippen molar-refractivity contribution in [1.82, 2.24) is 20.4 Å². The second kappa shape index (κ2) is 10.2. The highest BCUT2D eigenvalue weighted by molar-refractivity contribution is 5.85. The van der Waals surface area contributed by atoms with Gasteiger partial charge in [-0.05, 0) is 68.5 Å². The van der Waals surface area contributed by atoms with Crippen LogP contribution in [0.3, 0.4) is 0 Å². The molecule has 0 bridgehead atoms. The molecule has 1 aromatic carbocycles. The third kappa shape index (κ3) is 6.18. The number of hydrogen-bond donors (Lipinski definition) is 2. The van der Waals surface area contributed by atoms with Crippen LogP contribution in [0.1, 0.15) is 31.2 Å². The quantitative estimate of drug-likeness (QED) is 0.796. The predicted octanol–water partition coefficient (Wildman–Crippen LogP) is 2.73. The smallest absolute Gasteiger partial charge is 0.220 e. The molecule has 2 heterocycles. The molecule has 0 aliphatic carbocycles. The topological polar surface area (TPSA) is 59.0 Å². The minimum absolute atomic E-state index is 0. The van der Waals surface area contributed by atoms with E-state index < -0.39 is 0 Å². The number of carbonyl (C=O) groups is 1. The van der Waals surface area contributed by atoms with E-state index in [9.17, 15) is 4.79 Å². The van der Waals surface area contributed by atoms with E-state index >= 15 is 0 Å². The third-order valence-electron chi connectivity index (χ3n) is 4.68. The Hall–Kier alpha value is -1.85. The molecule has 1 aliphatic rings. The van der Waals surface area contributed by atoms with Crippen LogP contribution < -0.4 is 10.6 Å². The van der Waals surface area contributed by atoms with E-state index in [-0.39, 0.29) is 18.3 Å². The summed E-state index contributed by atoms with van der Waals surface area (Å²) in [5.41, 5.74) is 2.28.